The SMILES string of the molecule is CCN1CCN(C(=O)C2CCCCC2(C)N)CC1. The minimum Gasteiger partial charge on any atom is -0.340 e. The molecular weight excluding hydrogens is 226 g/mol. The Morgan fingerprint density at radius 1 is 1.28 bits per heavy atom. The highest BCUT2D eigenvalue weighted by atomic mass is 16.2. The molecular formula is C14H27N3O. The molecule has 0 aromatic rings. The first kappa shape index (κ1) is 13.8. The van der Waals surface area contributed by atoms with E-state index < -0.39 is 0 Å². The van der Waals surface area contributed by atoms with Gasteiger partial charge >= 0.3 is 0 Å². The predicted octanol–water partition coefficient (Wildman–Crippen LogP) is 1.06. The summed E-state index contributed by atoms with van der Waals surface area (Å²) >= 11 is 0. The van der Waals surface area contributed by atoms with E-state index in [1.807, 2.05) is 4.90 Å². The van der Waals surface area contributed by atoms with Crippen molar-refractivity contribution in [3.05, 3.63) is 0 Å². The van der Waals surface area contributed by atoms with Crippen LogP contribution in [0.2, 0.25) is 0 Å². The van der Waals surface area contributed by atoms with E-state index in [1.165, 1.54) is 6.42 Å². The first-order chi connectivity index (χ1) is 8.54. The lowest BCUT2D eigenvalue weighted by atomic mass is 9.74. The van der Waals surface area contributed by atoms with E-state index >= 15 is 0 Å². The molecule has 2 aliphatic rings. The second kappa shape index (κ2) is 5.57. The van der Waals surface area contributed by atoms with Crippen LogP contribution in [0.5, 0.6) is 0 Å². The molecule has 2 rings (SSSR count). The Morgan fingerprint density at radius 3 is 2.50 bits per heavy atom. The van der Waals surface area contributed by atoms with E-state index in [-0.39, 0.29) is 11.5 Å². The average molecular weight is 253 g/mol. The maximum absolute atomic E-state index is 12.6. The first-order valence-electron chi connectivity index (χ1n) is 7.34. The van der Waals surface area contributed by atoms with E-state index in [1.54, 1.807) is 0 Å². The average Bonchev–Trinajstić information content (AvgIpc) is 2.37. The molecule has 18 heavy (non-hydrogen) atoms. The summed E-state index contributed by atoms with van der Waals surface area (Å²) in [5, 5.41) is 0. The number of nitrogens with zero attached hydrogens (tertiary/aromatic N) is 2. The molecule has 4 nitrogen and oxygen atoms in total. The molecule has 1 heterocycles. The number of piperazine rings is 1. The Kier molecular flexibility index (Phi) is 4.28. The summed E-state index contributed by atoms with van der Waals surface area (Å²) in [4.78, 5) is 17.0. The van der Waals surface area contributed by atoms with Crippen molar-refractivity contribution in [1.82, 2.24) is 9.80 Å². The molecule has 1 aliphatic carbocycles. The largest absolute Gasteiger partial charge is 0.340 e. The monoisotopic (exact) mass is 253 g/mol. The second-order valence-electron chi connectivity index (χ2n) is 6.06. The zero-order valence-electron chi connectivity index (χ0n) is 11.8. The Bertz CT molecular complexity index is 295. The highest BCUT2D eigenvalue weighted by Crippen LogP contribution is 2.33. The van der Waals surface area contributed by atoms with Crippen LogP contribution in [0.3, 0.4) is 0 Å². The summed E-state index contributed by atoms with van der Waals surface area (Å²) in [6.07, 6.45) is 4.27. The Morgan fingerprint density at radius 2 is 1.94 bits per heavy atom. The highest BCUT2D eigenvalue weighted by Gasteiger charge is 2.40. The number of carbonyl (C=O) groups is 1. The first-order valence-corrected chi connectivity index (χ1v) is 7.34. The summed E-state index contributed by atoms with van der Waals surface area (Å²) in [6.45, 7) is 9.08. The third kappa shape index (κ3) is 2.86. The zero-order chi connectivity index (χ0) is 13.2. The van der Waals surface area contributed by atoms with Crippen molar-refractivity contribution in [2.24, 2.45) is 11.7 Å². The van der Waals surface area contributed by atoms with Crippen molar-refractivity contribution >= 4 is 5.91 Å². The number of likely N-dealkylation sites (N-methyl/N-ethyl adjacent to an activating group) is 1. The minimum atomic E-state index is -0.294. The molecule has 1 saturated heterocycles. The van der Waals surface area contributed by atoms with Crippen molar-refractivity contribution < 1.29 is 4.79 Å². The van der Waals surface area contributed by atoms with E-state index in [0.717, 1.165) is 52.0 Å². The van der Waals surface area contributed by atoms with Crippen molar-refractivity contribution in [3.63, 3.8) is 0 Å². The van der Waals surface area contributed by atoms with Gasteiger partial charge in [-0.3, -0.25) is 4.79 Å². The molecule has 0 radical (unpaired) electrons. The van der Waals surface area contributed by atoms with Gasteiger partial charge in [0.05, 0.1) is 5.92 Å². The fourth-order valence-corrected chi connectivity index (χ4v) is 3.27. The van der Waals surface area contributed by atoms with Gasteiger partial charge in [0.15, 0.2) is 0 Å². The van der Waals surface area contributed by atoms with Crippen LogP contribution in [0, 0.1) is 5.92 Å². The number of amides is 1. The third-order valence-corrected chi connectivity index (χ3v) is 4.68. The molecule has 2 fully saturated rings. The third-order valence-electron chi connectivity index (χ3n) is 4.68. The Hall–Kier alpha value is -0.610. The summed E-state index contributed by atoms with van der Waals surface area (Å²) < 4.78 is 0. The van der Waals surface area contributed by atoms with Crippen LogP contribution >= 0.6 is 0 Å². The van der Waals surface area contributed by atoms with Gasteiger partial charge in [0.25, 0.3) is 0 Å². The van der Waals surface area contributed by atoms with Crippen LogP contribution in [0.4, 0.5) is 0 Å². The molecule has 0 spiro atoms. The molecule has 0 aromatic heterocycles. The summed E-state index contributed by atoms with van der Waals surface area (Å²) in [5.41, 5.74) is 6.03. The number of hydrogen-bond acceptors (Lipinski definition) is 3. The van der Waals surface area contributed by atoms with Crippen LogP contribution in [-0.4, -0.2) is 54.0 Å². The van der Waals surface area contributed by atoms with Gasteiger partial charge in [0.2, 0.25) is 5.91 Å². The summed E-state index contributed by atoms with van der Waals surface area (Å²) in [5.74, 6) is 0.342. The van der Waals surface area contributed by atoms with Crippen LogP contribution in [0.15, 0.2) is 0 Å². The smallest absolute Gasteiger partial charge is 0.227 e. The van der Waals surface area contributed by atoms with Gasteiger partial charge in [-0.1, -0.05) is 19.8 Å². The summed E-state index contributed by atoms with van der Waals surface area (Å²) in [7, 11) is 0. The van der Waals surface area contributed by atoms with Crippen LogP contribution in [0.1, 0.15) is 39.5 Å². The lowest BCUT2D eigenvalue weighted by Gasteiger charge is -2.42. The quantitative estimate of drug-likeness (QED) is 0.800. The molecule has 2 unspecified atom stereocenters. The van der Waals surface area contributed by atoms with E-state index in [9.17, 15) is 4.79 Å². The molecule has 1 saturated carbocycles. The number of carbonyl (C=O) groups excluding carboxylic acids is 1. The maximum Gasteiger partial charge on any atom is 0.227 e. The van der Waals surface area contributed by atoms with Crippen molar-refractivity contribution in [1.29, 1.82) is 0 Å². The molecule has 0 bridgehead atoms. The van der Waals surface area contributed by atoms with Gasteiger partial charge in [-0.05, 0) is 26.3 Å². The molecule has 2 atom stereocenters. The topological polar surface area (TPSA) is 49.6 Å². The maximum atomic E-state index is 12.6. The van der Waals surface area contributed by atoms with Gasteiger partial charge in [0.1, 0.15) is 0 Å². The van der Waals surface area contributed by atoms with Gasteiger partial charge in [-0.25, -0.2) is 0 Å². The van der Waals surface area contributed by atoms with E-state index in [4.69, 9.17) is 5.73 Å². The van der Waals surface area contributed by atoms with Crippen molar-refractivity contribution in [2.45, 2.75) is 45.1 Å². The van der Waals surface area contributed by atoms with Crippen LogP contribution in [0.25, 0.3) is 0 Å². The normalized spacial score (nSPS) is 34.6. The predicted molar refractivity (Wildman–Crippen MR) is 73.2 cm³/mol. The molecule has 4 heteroatoms. The van der Waals surface area contributed by atoms with Gasteiger partial charge in [0, 0.05) is 31.7 Å². The van der Waals surface area contributed by atoms with Crippen molar-refractivity contribution in [3.8, 4) is 0 Å². The molecule has 104 valence electrons. The molecule has 1 amide bonds. The summed E-state index contributed by atoms with van der Waals surface area (Å²) in [6, 6.07) is 0. The van der Waals surface area contributed by atoms with Crippen LogP contribution in [-0.2, 0) is 4.79 Å². The van der Waals surface area contributed by atoms with Gasteiger partial charge in [-0.2, -0.15) is 0 Å². The lowest BCUT2D eigenvalue weighted by Crippen LogP contribution is -2.57. The zero-order valence-corrected chi connectivity index (χ0v) is 11.8. The highest BCUT2D eigenvalue weighted by molar-refractivity contribution is 5.80. The number of hydrogen-bond donors (Lipinski definition) is 1. The fraction of sp³-hybridized carbons (Fsp3) is 0.929. The molecule has 0 aromatic carbocycles. The van der Waals surface area contributed by atoms with Gasteiger partial charge in [-0.15, -0.1) is 0 Å². The van der Waals surface area contributed by atoms with E-state index in [2.05, 4.69) is 18.7 Å². The van der Waals surface area contributed by atoms with Crippen LogP contribution < -0.4 is 5.73 Å². The Balaban J connectivity index is 1.95. The lowest BCUT2D eigenvalue weighted by molar-refractivity contribution is -0.140. The van der Waals surface area contributed by atoms with Crippen molar-refractivity contribution in [2.75, 3.05) is 32.7 Å². The fourth-order valence-electron chi connectivity index (χ4n) is 3.27. The standard InChI is InChI=1S/C14H27N3O/c1-3-16-8-10-17(11-9-16)13(18)12-6-4-5-7-14(12,2)15/h12H,3-11,15H2,1-2H3. The molecule has 2 N–H and O–H groups in total. The van der Waals surface area contributed by atoms with E-state index in [0.29, 0.717) is 5.91 Å². The molecule has 1 aliphatic heterocycles. The Labute approximate surface area is 110 Å². The van der Waals surface area contributed by atoms with Gasteiger partial charge < -0.3 is 15.5 Å². The minimum absolute atomic E-state index is 0.0411. The number of rotatable bonds is 2. The number of nitrogens with two attached hydrogens (primary N) is 1. The second-order valence-corrected chi connectivity index (χ2v) is 6.06.